The van der Waals surface area contributed by atoms with Gasteiger partial charge in [-0.3, -0.25) is 0 Å². The predicted molar refractivity (Wildman–Crippen MR) is 76.2 cm³/mol. The van der Waals surface area contributed by atoms with Gasteiger partial charge in [0.15, 0.2) is 0 Å². The minimum absolute atomic E-state index is 0. The highest BCUT2D eigenvalue weighted by Crippen LogP contribution is 2.11. The van der Waals surface area contributed by atoms with Crippen LogP contribution in [0.1, 0.15) is 65.2 Å². The molecular formula is C15H34BrNO. The van der Waals surface area contributed by atoms with Gasteiger partial charge in [0.05, 0.1) is 26.7 Å². The SMILES string of the molecule is CCCCCCC[N+](C)(CCO)CCCCC.[Br-]. The Kier molecular flexibility index (Phi) is 15.9. The average Bonchev–Trinajstić information content (AvgIpc) is 2.29. The summed E-state index contributed by atoms with van der Waals surface area (Å²) in [4.78, 5) is 0. The summed E-state index contributed by atoms with van der Waals surface area (Å²) in [6, 6.07) is 0. The number of hydrogen-bond donors (Lipinski definition) is 1. The van der Waals surface area contributed by atoms with Crippen LogP contribution >= 0.6 is 0 Å². The van der Waals surface area contributed by atoms with Gasteiger partial charge in [0.25, 0.3) is 0 Å². The molecule has 0 bridgehead atoms. The van der Waals surface area contributed by atoms with Crippen LogP contribution in [0.2, 0.25) is 0 Å². The number of halogens is 1. The number of aliphatic hydroxyl groups excluding tert-OH is 1. The molecule has 1 N–H and O–H groups in total. The van der Waals surface area contributed by atoms with Crippen LogP contribution < -0.4 is 17.0 Å². The van der Waals surface area contributed by atoms with Crippen molar-refractivity contribution < 1.29 is 26.6 Å². The quantitative estimate of drug-likeness (QED) is 0.412. The number of unbranched alkanes of at least 4 members (excludes halogenated alkanes) is 6. The lowest BCUT2D eigenvalue weighted by Crippen LogP contribution is -3.00. The number of likely N-dealkylation sites (N-methyl/N-ethyl adjacent to an activating group) is 1. The van der Waals surface area contributed by atoms with E-state index in [0.29, 0.717) is 6.61 Å². The van der Waals surface area contributed by atoms with Crippen LogP contribution in [0, 0.1) is 0 Å². The smallest absolute Gasteiger partial charge is 0.102 e. The van der Waals surface area contributed by atoms with Crippen molar-refractivity contribution in [2.24, 2.45) is 0 Å². The van der Waals surface area contributed by atoms with Gasteiger partial charge >= 0.3 is 0 Å². The molecule has 0 fully saturated rings. The fourth-order valence-corrected chi connectivity index (χ4v) is 2.42. The molecule has 0 spiro atoms. The molecule has 0 saturated carbocycles. The molecule has 0 radical (unpaired) electrons. The minimum Gasteiger partial charge on any atom is -1.00 e. The lowest BCUT2D eigenvalue weighted by Gasteiger charge is -2.34. The van der Waals surface area contributed by atoms with E-state index in [-0.39, 0.29) is 17.0 Å². The van der Waals surface area contributed by atoms with Crippen molar-refractivity contribution in [1.82, 2.24) is 0 Å². The fraction of sp³-hybridized carbons (Fsp3) is 1.00. The first kappa shape index (κ1) is 20.7. The summed E-state index contributed by atoms with van der Waals surface area (Å²) in [6.45, 7) is 8.25. The summed E-state index contributed by atoms with van der Waals surface area (Å²) in [5, 5.41) is 9.18. The number of hydrogen-bond acceptors (Lipinski definition) is 1. The lowest BCUT2D eigenvalue weighted by molar-refractivity contribution is -0.910. The molecular weight excluding hydrogens is 290 g/mol. The molecule has 1 unspecified atom stereocenters. The summed E-state index contributed by atoms with van der Waals surface area (Å²) in [7, 11) is 2.31. The van der Waals surface area contributed by atoms with Gasteiger partial charge in [-0.25, -0.2) is 0 Å². The summed E-state index contributed by atoms with van der Waals surface area (Å²) in [5.74, 6) is 0. The Labute approximate surface area is 125 Å². The molecule has 3 heteroatoms. The predicted octanol–water partition coefficient (Wildman–Crippen LogP) is 0.590. The largest absolute Gasteiger partial charge is 1.00 e. The molecule has 0 aromatic carbocycles. The van der Waals surface area contributed by atoms with Gasteiger partial charge in [-0.05, 0) is 25.7 Å². The van der Waals surface area contributed by atoms with E-state index in [1.165, 1.54) is 64.5 Å². The highest BCUT2D eigenvalue weighted by Gasteiger charge is 2.19. The van der Waals surface area contributed by atoms with E-state index in [2.05, 4.69) is 20.9 Å². The summed E-state index contributed by atoms with van der Waals surface area (Å²) >= 11 is 0. The van der Waals surface area contributed by atoms with Crippen LogP contribution in [0.15, 0.2) is 0 Å². The Morgan fingerprint density at radius 3 is 1.67 bits per heavy atom. The second-order valence-electron chi connectivity index (χ2n) is 5.64. The summed E-state index contributed by atoms with van der Waals surface area (Å²) in [6.07, 6.45) is 10.7. The zero-order chi connectivity index (χ0) is 13.0. The van der Waals surface area contributed by atoms with Crippen molar-refractivity contribution in [2.75, 3.05) is 33.3 Å². The maximum absolute atomic E-state index is 9.18. The van der Waals surface area contributed by atoms with Crippen LogP contribution in [-0.2, 0) is 0 Å². The molecule has 0 aromatic heterocycles. The number of rotatable bonds is 12. The Morgan fingerprint density at radius 2 is 1.17 bits per heavy atom. The van der Waals surface area contributed by atoms with E-state index in [4.69, 9.17) is 0 Å². The third-order valence-electron chi connectivity index (χ3n) is 3.74. The Hall–Kier alpha value is 0.400. The fourth-order valence-electron chi connectivity index (χ4n) is 2.42. The van der Waals surface area contributed by atoms with Gasteiger partial charge in [0.2, 0.25) is 0 Å². The molecule has 18 heavy (non-hydrogen) atoms. The van der Waals surface area contributed by atoms with Gasteiger partial charge in [-0.1, -0.05) is 39.5 Å². The standard InChI is InChI=1S/C15H34NO.BrH/c1-4-6-8-9-11-13-16(3,14-15-17)12-10-7-5-2;/h17H,4-15H2,1-3H3;1H/q+1;/p-1. The van der Waals surface area contributed by atoms with Gasteiger partial charge in [-0.15, -0.1) is 0 Å². The average molecular weight is 324 g/mol. The van der Waals surface area contributed by atoms with Crippen LogP contribution in [-0.4, -0.2) is 42.9 Å². The Balaban J connectivity index is 0. The van der Waals surface area contributed by atoms with Gasteiger partial charge < -0.3 is 26.6 Å². The summed E-state index contributed by atoms with van der Waals surface area (Å²) < 4.78 is 1.07. The molecule has 0 aliphatic rings. The normalized spacial score (nSPS) is 14.0. The van der Waals surface area contributed by atoms with E-state index in [1.807, 2.05) is 0 Å². The van der Waals surface area contributed by atoms with Crippen LogP contribution in [0.5, 0.6) is 0 Å². The zero-order valence-electron chi connectivity index (χ0n) is 12.8. The molecule has 0 saturated heterocycles. The number of aliphatic hydroxyl groups is 1. The van der Waals surface area contributed by atoms with Crippen molar-refractivity contribution in [3.63, 3.8) is 0 Å². The van der Waals surface area contributed by atoms with Crippen molar-refractivity contribution in [1.29, 1.82) is 0 Å². The summed E-state index contributed by atoms with van der Waals surface area (Å²) in [5.41, 5.74) is 0. The van der Waals surface area contributed by atoms with Crippen molar-refractivity contribution in [3.05, 3.63) is 0 Å². The van der Waals surface area contributed by atoms with E-state index in [0.717, 1.165) is 11.0 Å². The molecule has 0 aliphatic carbocycles. The molecule has 0 heterocycles. The molecule has 2 nitrogen and oxygen atoms in total. The molecule has 0 aliphatic heterocycles. The highest BCUT2D eigenvalue weighted by atomic mass is 79.9. The second kappa shape index (κ2) is 13.8. The third kappa shape index (κ3) is 11.5. The third-order valence-corrected chi connectivity index (χ3v) is 3.74. The minimum atomic E-state index is 0. The first-order valence-corrected chi connectivity index (χ1v) is 7.63. The molecule has 0 rings (SSSR count). The first-order chi connectivity index (χ1) is 8.18. The van der Waals surface area contributed by atoms with Gasteiger partial charge in [0.1, 0.15) is 6.54 Å². The maximum atomic E-state index is 9.18. The van der Waals surface area contributed by atoms with Gasteiger partial charge in [0, 0.05) is 0 Å². The zero-order valence-corrected chi connectivity index (χ0v) is 14.3. The number of nitrogens with zero attached hydrogens (tertiary/aromatic N) is 1. The van der Waals surface area contributed by atoms with E-state index in [1.54, 1.807) is 0 Å². The molecule has 112 valence electrons. The van der Waals surface area contributed by atoms with Crippen LogP contribution in [0.4, 0.5) is 0 Å². The molecule has 1 atom stereocenters. The first-order valence-electron chi connectivity index (χ1n) is 7.63. The topological polar surface area (TPSA) is 20.2 Å². The van der Waals surface area contributed by atoms with E-state index < -0.39 is 0 Å². The number of quaternary nitrogens is 1. The second-order valence-corrected chi connectivity index (χ2v) is 5.64. The Bertz CT molecular complexity index is 167. The van der Waals surface area contributed by atoms with Gasteiger partial charge in [-0.2, -0.15) is 0 Å². The lowest BCUT2D eigenvalue weighted by atomic mass is 10.1. The van der Waals surface area contributed by atoms with Crippen molar-refractivity contribution in [2.45, 2.75) is 65.2 Å². The monoisotopic (exact) mass is 323 g/mol. The highest BCUT2D eigenvalue weighted by molar-refractivity contribution is 4.46. The van der Waals surface area contributed by atoms with Crippen molar-refractivity contribution >= 4 is 0 Å². The molecule has 0 aromatic rings. The van der Waals surface area contributed by atoms with Crippen LogP contribution in [0.25, 0.3) is 0 Å². The van der Waals surface area contributed by atoms with E-state index >= 15 is 0 Å². The van der Waals surface area contributed by atoms with Crippen LogP contribution in [0.3, 0.4) is 0 Å². The van der Waals surface area contributed by atoms with E-state index in [9.17, 15) is 5.11 Å². The maximum Gasteiger partial charge on any atom is 0.102 e. The van der Waals surface area contributed by atoms with Crippen molar-refractivity contribution in [3.8, 4) is 0 Å². The molecule has 0 amide bonds. The Morgan fingerprint density at radius 1 is 0.722 bits per heavy atom.